The number of carbonyl (C=O) groups excluding carboxylic acids is 1. The van der Waals surface area contributed by atoms with E-state index in [1.165, 1.54) is 19.4 Å². The Morgan fingerprint density at radius 2 is 2.24 bits per heavy atom. The Kier molecular flexibility index (Phi) is 9.24. The summed E-state index contributed by atoms with van der Waals surface area (Å²) in [6.07, 6.45) is 4.56. The molecule has 1 amide bonds. The number of rotatable bonds is 7. The van der Waals surface area contributed by atoms with Crippen LogP contribution in [0.15, 0.2) is 0 Å². The monoisotopic (exact) mass is 319 g/mol. The molecular weight excluding hydrogens is 290 g/mol. The lowest BCUT2D eigenvalue weighted by molar-refractivity contribution is -0.123. The molecule has 2 fully saturated rings. The Morgan fingerprint density at radius 1 is 1.38 bits per heavy atom. The minimum absolute atomic E-state index is 0. The fraction of sp³-hybridized carbons (Fsp3) is 0.933. The van der Waals surface area contributed by atoms with E-state index in [1.54, 1.807) is 0 Å². The lowest BCUT2D eigenvalue weighted by Crippen LogP contribution is -2.46. The van der Waals surface area contributed by atoms with Gasteiger partial charge in [0.25, 0.3) is 0 Å². The molecule has 2 N–H and O–H groups in total. The molecule has 0 aliphatic carbocycles. The molecule has 124 valence electrons. The molecule has 2 aliphatic heterocycles. The molecule has 2 unspecified atom stereocenters. The number of hydrogen-bond acceptors (Lipinski definition) is 4. The van der Waals surface area contributed by atoms with Gasteiger partial charge in [0.2, 0.25) is 5.91 Å². The van der Waals surface area contributed by atoms with Crippen LogP contribution in [0.5, 0.6) is 0 Å². The third-order valence-corrected chi connectivity index (χ3v) is 4.30. The van der Waals surface area contributed by atoms with Gasteiger partial charge in [0.1, 0.15) is 0 Å². The summed E-state index contributed by atoms with van der Waals surface area (Å²) in [4.78, 5) is 14.4. The van der Waals surface area contributed by atoms with E-state index in [0.29, 0.717) is 5.92 Å². The molecular formula is C15H30ClN3O2. The predicted molar refractivity (Wildman–Crippen MR) is 86.9 cm³/mol. The van der Waals surface area contributed by atoms with Gasteiger partial charge in [0.05, 0.1) is 12.6 Å². The zero-order chi connectivity index (χ0) is 14.2. The zero-order valence-corrected chi connectivity index (χ0v) is 13.9. The third kappa shape index (κ3) is 6.51. The van der Waals surface area contributed by atoms with E-state index in [0.717, 1.165) is 52.2 Å². The highest BCUT2D eigenvalue weighted by Crippen LogP contribution is 2.15. The Morgan fingerprint density at radius 3 is 2.95 bits per heavy atom. The van der Waals surface area contributed by atoms with E-state index in [1.807, 2.05) is 6.92 Å². The van der Waals surface area contributed by atoms with Gasteiger partial charge in [-0.3, -0.25) is 4.79 Å². The van der Waals surface area contributed by atoms with Gasteiger partial charge in [-0.05, 0) is 51.6 Å². The van der Waals surface area contributed by atoms with Crippen molar-refractivity contribution >= 4 is 18.3 Å². The number of ether oxygens (including phenoxy) is 1. The van der Waals surface area contributed by atoms with Crippen LogP contribution >= 0.6 is 12.4 Å². The van der Waals surface area contributed by atoms with Crippen molar-refractivity contribution in [3.05, 3.63) is 0 Å². The molecule has 0 radical (unpaired) electrons. The maximum atomic E-state index is 12.0. The lowest BCUT2D eigenvalue weighted by atomic mass is 9.98. The number of likely N-dealkylation sites (tertiary alicyclic amines) is 1. The fourth-order valence-electron chi connectivity index (χ4n) is 3.14. The van der Waals surface area contributed by atoms with Gasteiger partial charge in [0, 0.05) is 26.2 Å². The molecule has 21 heavy (non-hydrogen) atoms. The molecule has 2 aliphatic rings. The number of nitrogens with one attached hydrogen (secondary N) is 2. The van der Waals surface area contributed by atoms with Crippen LogP contribution in [0.2, 0.25) is 0 Å². The van der Waals surface area contributed by atoms with Crippen LogP contribution < -0.4 is 10.6 Å². The summed E-state index contributed by atoms with van der Waals surface area (Å²) in [6.45, 7) is 8.72. The molecule has 2 heterocycles. The zero-order valence-electron chi connectivity index (χ0n) is 13.1. The number of hydrogen-bond donors (Lipinski definition) is 2. The number of halogens is 1. The minimum Gasteiger partial charge on any atom is -0.380 e. The highest BCUT2D eigenvalue weighted by Gasteiger charge is 2.24. The van der Waals surface area contributed by atoms with E-state index < -0.39 is 0 Å². The predicted octanol–water partition coefficient (Wildman–Crippen LogP) is 1.02. The van der Waals surface area contributed by atoms with Crippen molar-refractivity contribution in [2.24, 2.45) is 5.92 Å². The minimum atomic E-state index is 0. The van der Waals surface area contributed by atoms with Gasteiger partial charge in [-0.15, -0.1) is 12.4 Å². The maximum absolute atomic E-state index is 12.0. The van der Waals surface area contributed by atoms with Crippen LogP contribution in [0, 0.1) is 5.92 Å². The summed E-state index contributed by atoms with van der Waals surface area (Å²) < 4.78 is 5.42. The first kappa shape index (κ1) is 18.7. The van der Waals surface area contributed by atoms with E-state index in [9.17, 15) is 4.79 Å². The smallest absolute Gasteiger partial charge is 0.237 e. The van der Waals surface area contributed by atoms with E-state index in [2.05, 4.69) is 15.5 Å². The SMILES string of the molecule is CCOCCN1CCCC(CNC(=O)C2CCCN2)C1.Cl. The molecule has 2 atom stereocenters. The summed E-state index contributed by atoms with van der Waals surface area (Å²) in [6, 6.07) is 0.0487. The normalized spacial score (nSPS) is 26.3. The Bertz CT molecular complexity index is 299. The van der Waals surface area contributed by atoms with Crippen molar-refractivity contribution < 1.29 is 9.53 Å². The summed E-state index contributed by atoms with van der Waals surface area (Å²) in [7, 11) is 0. The topological polar surface area (TPSA) is 53.6 Å². The van der Waals surface area contributed by atoms with Gasteiger partial charge in [-0.2, -0.15) is 0 Å². The van der Waals surface area contributed by atoms with Crippen LogP contribution in [-0.4, -0.2) is 62.8 Å². The number of nitrogens with zero attached hydrogens (tertiary/aromatic N) is 1. The van der Waals surface area contributed by atoms with Crippen LogP contribution in [0.4, 0.5) is 0 Å². The Balaban J connectivity index is 0.00000220. The Hall–Kier alpha value is -0.360. The summed E-state index contributed by atoms with van der Waals surface area (Å²) in [5.74, 6) is 0.782. The van der Waals surface area contributed by atoms with Gasteiger partial charge in [0.15, 0.2) is 0 Å². The molecule has 0 bridgehead atoms. The van der Waals surface area contributed by atoms with Crippen LogP contribution in [0.3, 0.4) is 0 Å². The number of piperidine rings is 1. The quantitative estimate of drug-likeness (QED) is 0.688. The molecule has 5 nitrogen and oxygen atoms in total. The first-order valence-electron chi connectivity index (χ1n) is 8.10. The van der Waals surface area contributed by atoms with Gasteiger partial charge in [-0.1, -0.05) is 0 Å². The fourth-order valence-corrected chi connectivity index (χ4v) is 3.14. The number of carbonyl (C=O) groups is 1. The van der Waals surface area contributed by atoms with Crippen LogP contribution in [0.1, 0.15) is 32.6 Å². The standard InChI is InChI=1S/C15H29N3O2.ClH/c1-2-20-10-9-18-8-4-5-13(12-18)11-17-15(19)14-6-3-7-16-14;/h13-14,16H,2-12H2,1H3,(H,17,19);1H. The molecule has 0 aromatic carbocycles. The second-order valence-corrected chi connectivity index (χ2v) is 5.90. The number of amides is 1. The maximum Gasteiger partial charge on any atom is 0.237 e. The Labute approximate surface area is 134 Å². The van der Waals surface area contributed by atoms with Crippen LogP contribution in [0.25, 0.3) is 0 Å². The third-order valence-electron chi connectivity index (χ3n) is 4.30. The van der Waals surface area contributed by atoms with Crippen molar-refractivity contribution in [3.8, 4) is 0 Å². The van der Waals surface area contributed by atoms with Gasteiger partial charge >= 0.3 is 0 Å². The lowest BCUT2D eigenvalue weighted by Gasteiger charge is -2.32. The second-order valence-electron chi connectivity index (χ2n) is 5.90. The van der Waals surface area contributed by atoms with Crippen molar-refractivity contribution in [2.75, 3.05) is 45.9 Å². The van der Waals surface area contributed by atoms with E-state index in [4.69, 9.17) is 4.74 Å². The average Bonchev–Trinajstić information content (AvgIpc) is 3.00. The molecule has 0 spiro atoms. The largest absolute Gasteiger partial charge is 0.380 e. The highest BCUT2D eigenvalue weighted by atomic mass is 35.5. The summed E-state index contributed by atoms with van der Waals surface area (Å²) in [5.41, 5.74) is 0. The van der Waals surface area contributed by atoms with Crippen molar-refractivity contribution in [1.29, 1.82) is 0 Å². The molecule has 0 saturated carbocycles. The highest BCUT2D eigenvalue weighted by molar-refractivity contribution is 5.85. The van der Waals surface area contributed by atoms with E-state index >= 15 is 0 Å². The molecule has 2 rings (SSSR count). The molecule has 0 aromatic rings. The van der Waals surface area contributed by atoms with Crippen LogP contribution in [-0.2, 0) is 9.53 Å². The first-order valence-corrected chi connectivity index (χ1v) is 8.10. The van der Waals surface area contributed by atoms with E-state index in [-0.39, 0.29) is 24.4 Å². The van der Waals surface area contributed by atoms with Gasteiger partial charge < -0.3 is 20.3 Å². The second kappa shape index (κ2) is 10.4. The van der Waals surface area contributed by atoms with Crippen molar-refractivity contribution in [3.63, 3.8) is 0 Å². The van der Waals surface area contributed by atoms with Crippen molar-refractivity contribution in [2.45, 2.75) is 38.6 Å². The summed E-state index contributed by atoms with van der Waals surface area (Å²) in [5, 5.41) is 6.37. The average molecular weight is 320 g/mol. The summed E-state index contributed by atoms with van der Waals surface area (Å²) >= 11 is 0. The molecule has 0 aromatic heterocycles. The first-order chi connectivity index (χ1) is 9.79. The van der Waals surface area contributed by atoms with Gasteiger partial charge in [-0.25, -0.2) is 0 Å². The molecule has 2 saturated heterocycles. The van der Waals surface area contributed by atoms with Crippen molar-refractivity contribution in [1.82, 2.24) is 15.5 Å². The molecule has 6 heteroatoms.